The monoisotopic (exact) mass is 365 g/mol. The van der Waals surface area contributed by atoms with Gasteiger partial charge in [-0.1, -0.05) is 0 Å². The molecule has 1 saturated heterocycles. The van der Waals surface area contributed by atoms with Crippen LogP contribution in [0.5, 0.6) is 0 Å². The molecule has 0 aliphatic carbocycles. The number of rotatable bonds is 4. The molecule has 3 aromatic heterocycles. The molecule has 0 spiro atoms. The number of pyridine rings is 2. The maximum Gasteiger partial charge on any atom is 0.252 e. The van der Waals surface area contributed by atoms with Gasteiger partial charge >= 0.3 is 0 Å². The normalized spacial score (nSPS) is 19.5. The van der Waals surface area contributed by atoms with Crippen molar-refractivity contribution in [1.29, 1.82) is 0 Å². The van der Waals surface area contributed by atoms with Crippen molar-refractivity contribution in [3.05, 3.63) is 53.1 Å². The maximum absolute atomic E-state index is 13.1. The van der Waals surface area contributed by atoms with Gasteiger partial charge < -0.3 is 10.1 Å². The zero-order chi connectivity index (χ0) is 19.0. The van der Waals surface area contributed by atoms with Gasteiger partial charge in [0.15, 0.2) is 5.65 Å². The minimum atomic E-state index is -0.100. The van der Waals surface area contributed by atoms with Crippen molar-refractivity contribution < 1.29 is 9.53 Å². The summed E-state index contributed by atoms with van der Waals surface area (Å²) in [4.78, 5) is 21.7. The van der Waals surface area contributed by atoms with Crippen molar-refractivity contribution in [2.24, 2.45) is 13.0 Å². The maximum atomic E-state index is 13.1. The largest absolute Gasteiger partial charge is 0.379 e. The molecule has 1 aliphatic heterocycles. The highest BCUT2D eigenvalue weighted by atomic mass is 16.5. The van der Waals surface area contributed by atoms with Crippen LogP contribution in [0.3, 0.4) is 0 Å². The van der Waals surface area contributed by atoms with Gasteiger partial charge in [-0.15, -0.1) is 0 Å². The lowest BCUT2D eigenvalue weighted by Gasteiger charge is -2.19. The van der Waals surface area contributed by atoms with E-state index >= 15 is 0 Å². The number of hydrogen-bond donors (Lipinski definition) is 1. The summed E-state index contributed by atoms with van der Waals surface area (Å²) in [5, 5.41) is 8.41. The SMILES string of the molecule is Cc1cc(C(=O)N[C@@H]2COC[C@H]2Cc2ccncc2)c2c(C)nn(C)c2n1. The molecular formula is C20H23N5O2. The first-order chi connectivity index (χ1) is 13.0. The van der Waals surface area contributed by atoms with E-state index in [9.17, 15) is 4.79 Å². The van der Waals surface area contributed by atoms with Crippen LogP contribution in [0, 0.1) is 19.8 Å². The molecular weight excluding hydrogens is 342 g/mol. The molecule has 0 saturated carbocycles. The molecule has 1 fully saturated rings. The van der Waals surface area contributed by atoms with Gasteiger partial charge in [0.05, 0.1) is 35.9 Å². The number of ether oxygens (including phenoxy) is 1. The van der Waals surface area contributed by atoms with Crippen LogP contribution >= 0.6 is 0 Å². The van der Waals surface area contributed by atoms with E-state index in [2.05, 4.69) is 20.4 Å². The van der Waals surface area contributed by atoms with Crippen LogP contribution in [0.4, 0.5) is 0 Å². The van der Waals surface area contributed by atoms with E-state index in [0.29, 0.717) is 18.8 Å². The number of fused-ring (bicyclic) bond motifs is 1. The Morgan fingerprint density at radius 2 is 2.07 bits per heavy atom. The molecule has 7 heteroatoms. The minimum absolute atomic E-state index is 0.0221. The Morgan fingerprint density at radius 3 is 2.85 bits per heavy atom. The van der Waals surface area contributed by atoms with E-state index in [-0.39, 0.29) is 17.9 Å². The first kappa shape index (κ1) is 17.6. The Balaban J connectivity index is 1.58. The molecule has 1 aliphatic rings. The Kier molecular flexibility index (Phi) is 4.61. The van der Waals surface area contributed by atoms with Crippen LogP contribution in [0.2, 0.25) is 0 Å². The van der Waals surface area contributed by atoms with Crippen molar-refractivity contribution in [1.82, 2.24) is 25.1 Å². The number of nitrogens with one attached hydrogen (secondary N) is 1. The number of hydrogen-bond acceptors (Lipinski definition) is 5. The average Bonchev–Trinajstić information content (AvgIpc) is 3.19. The molecule has 0 bridgehead atoms. The smallest absolute Gasteiger partial charge is 0.252 e. The molecule has 4 heterocycles. The van der Waals surface area contributed by atoms with E-state index in [4.69, 9.17) is 4.74 Å². The fourth-order valence-electron chi connectivity index (χ4n) is 3.78. The molecule has 1 amide bonds. The second kappa shape index (κ2) is 7.08. The van der Waals surface area contributed by atoms with E-state index in [1.54, 1.807) is 17.1 Å². The lowest BCUT2D eigenvalue weighted by molar-refractivity contribution is 0.0926. The standard InChI is InChI=1S/C20H23N5O2/c1-12-8-16(18-13(2)24-25(3)19(18)22-12)20(26)23-17-11-27-10-15(17)9-14-4-6-21-7-5-14/h4-8,15,17H,9-11H2,1-3H3,(H,23,26)/t15-,17-/m1/s1. The van der Waals surface area contributed by atoms with Gasteiger partial charge in [0.2, 0.25) is 0 Å². The van der Waals surface area contributed by atoms with Crippen molar-refractivity contribution in [3.8, 4) is 0 Å². The molecule has 140 valence electrons. The van der Waals surface area contributed by atoms with Crippen LogP contribution in [-0.4, -0.2) is 44.9 Å². The first-order valence-corrected chi connectivity index (χ1v) is 9.11. The van der Waals surface area contributed by atoms with Crippen molar-refractivity contribution in [3.63, 3.8) is 0 Å². The number of aryl methyl sites for hydroxylation is 3. The second-order valence-corrected chi connectivity index (χ2v) is 7.16. The van der Waals surface area contributed by atoms with Gasteiger partial charge in [0.1, 0.15) is 0 Å². The van der Waals surface area contributed by atoms with Crippen LogP contribution < -0.4 is 5.32 Å². The highest BCUT2D eigenvalue weighted by Crippen LogP contribution is 2.23. The molecule has 0 aromatic carbocycles. The quantitative estimate of drug-likeness (QED) is 0.764. The van der Waals surface area contributed by atoms with Gasteiger partial charge in [0, 0.05) is 31.1 Å². The van der Waals surface area contributed by atoms with Crippen LogP contribution in [0.1, 0.15) is 27.3 Å². The molecule has 1 N–H and O–H groups in total. The number of amides is 1. The molecule has 27 heavy (non-hydrogen) atoms. The number of carbonyl (C=O) groups is 1. The van der Waals surface area contributed by atoms with Crippen LogP contribution in [0.15, 0.2) is 30.6 Å². The van der Waals surface area contributed by atoms with Crippen LogP contribution in [0.25, 0.3) is 11.0 Å². The topological polar surface area (TPSA) is 81.9 Å². The molecule has 4 rings (SSSR count). The molecule has 0 unspecified atom stereocenters. The predicted molar refractivity (Wildman–Crippen MR) is 101 cm³/mol. The lowest BCUT2D eigenvalue weighted by Crippen LogP contribution is -2.40. The summed E-state index contributed by atoms with van der Waals surface area (Å²) in [6, 6.07) is 5.82. The fourth-order valence-corrected chi connectivity index (χ4v) is 3.78. The summed E-state index contributed by atoms with van der Waals surface area (Å²) in [6.07, 6.45) is 4.44. The Labute approximate surface area is 157 Å². The summed E-state index contributed by atoms with van der Waals surface area (Å²) < 4.78 is 7.38. The molecule has 0 radical (unpaired) electrons. The van der Waals surface area contributed by atoms with Crippen molar-refractivity contribution in [2.75, 3.05) is 13.2 Å². The molecule has 7 nitrogen and oxygen atoms in total. The third-order valence-electron chi connectivity index (χ3n) is 5.10. The van der Waals surface area contributed by atoms with Gasteiger partial charge in [-0.05, 0) is 44.0 Å². The number of carbonyl (C=O) groups excluding carboxylic acids is 1. The fraction of sp³-hybridized carbons (Fsp3) is 0.400. The predicted octanol–water partition coefficient (Wildman–Crippen LogP) is 1.97. The second-order valence-electron chi connectivity index (χ2n) is 7.16. The van der Waals surface area contributed by atoms with Gasteiger partial charge in [-0.25, -0.2) is 4.98 Å². The van der Waals surface area contributed by atoms with Gasteiger partial charge in [-0.3, -0.25) is 14.5 Å². The van der Waals surface area contributed by atoms with Crippen molar-refractivity contribution in [2.45, 2.75) is 26.3 Å². The van der Waals surface area contributed by atoms with E-state index in [1.807, 2.05) is 39.1 Å². The summed E-state index contributed by atoms with van der Waals surface area (Å²) in [5.41, 5.74) is 4.16. The highest BCUT2D eigenvalue weighted by Gasteiger charge is 2.30. The third kappa shape index (κ3) is 3.42. The first-order valence-electron chi connectivity index (χ1n) is 9.11. The van der Waals surface area contributed by atoms with Crippen LogP contribution in [-0.2, 0) is 18.2 Å². The third-order valence-corrected chi connectivity index (χ3v) is 5.10. The summed E-state index contributed by atoms with van der Waals surface area (Å²) >= 11 is 0. The Bertz CT molecular complexity index is 983. The van der Waals surface area contributed by atoms with E-state index in [0.717, 1.165) is 28.8 Å². The molecule has 3 aromatic rings. The average molecular weight is 365 g/mol. The Morgan fingerprint density at radius 1 is 1.30 bits per heavy atom. The Hall–Kier alpha value is -2.80. The minimum Gasteiger partial charge on any atom is -0.379 e. The zero-order valence-corrected chi connectivity index (χ0v) is 15.8. The lowest BCUT2D eigenvalue weighted by atomic mass is 9.95. The highest BCUT2D eigenvalue weighted by molar-refractivity contribution is 6.06. The zero-order valence-electron chi connectivity index (χ0n) is 15.8. The van der Waals surface area contributed by atoms with E-state index in [1.165, 1.54) is 5.56 Å². The van der Waals surface area contributed by atoms with E-state index < -0.39 is 0 Å². The van der Waals surface area contributed by atoms with Crippen molar-refractivity contribution >= 4 is 16.9 Å². The molecule has 2 atom stereocenters. The van der Waals surface area contributed by atoms with Gasteiger partial charge in [-0.2, -0.15) is 5.10 Å². The summed E-state index contributed by atoms with van der Waals surface area (Å²) in [6.45, 7) is 4.97. The number of aromatic nitrogens is 4. The number of nitrogens with zero attached hydrogens (tertiary/aromatic N) is 4. The summed E-state index contributed by atoms with van der Waals surface area (Å²) in [7, 11) is 1.85. The summed E-state index contributed by atoms with van der Waals surface area (Å²) in [5.74, 6) is 0.140. The van der Waals surface area contributed by atoms with Gasteiger partial charge in [0.25, 0.3) is 5.91 Å².